The molecule has 2 aliphatic rings. The van der Waals surface area contributed by atoms with Crippen LogP contribution in [0, 0.1) is 5.82 Å². The number of hydrogen-bond donors (Lipinski definition) is 0. The summed E-state index contributed by atoms with van der Waals surface area (Å²) in [4.78, 5) is 19.7. The normalized spacial score (nSPS) is 21.4. The van der Waals surface area contributed by atoms with Crippen LogP contribution >= 0.6 is 11.3 Å². The standard InChI is InChI=1S/C25H28FN3O4S2/c1-17-6-2-3-14-29(17)35(31,32)20-12-10-18(11-13-20)24(30)28(16-19-7-5-15-33-19)25-27-23-21(26)8-4-9-22(23)34-25/h4,8-13,17,19H,2-3,5-7,14-16H2,1H3. The summed E-state index contributed by atoms with van der Waals surface area (Å²) in [7, 11) is -3.63. The first-order chi connectivity index (χ1) is 16.8. The fourth-order valence-corrected chi connectivity index (χ4v) is 7.44. The third-order valence-corrected chi connectivity index (χ3v) is 9.77. The number of nitrogens with zero attached hydrogens (tertiary/aromatic N) is 3. The third kappa shape index (κ3) is 4.84. The Labute approximate surface area is 208 Å². The Bertz CT molecular complexity index is 1320. The Morgan fingerprint density at radius 1 is 1.17 bits per heavy atom. The van der Waals surface area contributed by atoms with Gasteiger partial charge in [0.2, 0.25) is 10.0 Å². The van der Waals surface area contributed by atoms with E-state index in [2.05, 4.69) is 4.98 Å². The number of aromatic nitrogens is 1. The number of ether oxygens (including phenoxy) is 1. The van der Waals surface area contributed by atoms with Crippen molar-refractivity contribution in [3.8, 4) is 0 Å². The van der Waals surface area contributed by atoms with Crippen molar-refractivity contribution in [2.75, 3.05) is 24.6 Å². The van der Waals surface area contributed by atoms with Crippen molar-refractivity contribution in [1.82, 2.24) is 9.29 Å². The molecule has 2 saturated heterocycles. The van der Waals surface area contributed by atoms with Crippen molar-refractivity contribution >= 4 is 42.6 Å². The zero-order valence-corrected chi connectivity index (χ0v) is 21.2. The van der Waals surface area contributed by atoms with Gasteiger partial charge in [-0.3, -0.25) is 9.69 Å². The number of anilines is 1. The summed E-state index contributed by atoms with van der Waals surface area (Å²) in [5, 5.41) is 0.393. The molecule has 0 N–H and O–H groups in total. The van der Waals surface area contributed by atoms with Gasteiger partial charge in [-0.1, -0.05) is 23.8 Å². The minimum atomic E-state index is -3.63. The highest BCUT2D eigenvalue weighted by molar-refractivity contribution is 7.89. The quantitative estimate of drug-likeness (QED) is 0.468. The lowest BCUT2D eigenvalue weighted by atomic mass is 10.1. The molecule has 0 spiro atoms. The summed E-state index contributed by atoms with van der Waals surface area (Å²) in [6.45, 7) is 3.38. The number of fused-ring (bicyclic) bond motifs is 1. The highest BCUT2D eigenvalue weighted by Crippen LogP contribution is 2.32. The molecule has 2 aromatic carbocycles. The molecule has 3 heterocycles. The molecule has 10 heteroatoms. The summed E-state index contributed by atoms with van der Waals surface area (Å²) >= 11 is 1.25. The molecule has 0 bridgehead atoms. The molecule has 5 rings (SSSR count). The molecule has 2 aliphatic heterocycles. The van der Waals surface area contributed by atoms with Gasteiger partial charge in [-0.05, 0) is 69.0 Å². The van der Waals surface area contributed by atoms with E-state index >= 15 is 0 Å². The fourth-order valence-electron chi connectivity index (χ4n) is 4.75. The molecule has 1 amide bonds. The largest absolute Gasteiger partial charge is 0.376 e. The Balaban J connectivity index is 1.44. The number of thiazole rings is 1. The molecular weight excluding hydrogens is 489 g/mol. The zero-order valence-electron chi connectivity index (χ0n) is 19.5. The molecule has 2 unspecified atom stereocenters. The maximum absolute atomic E-state index is 14.3. The van der Waals surface area contributed by atoms with Crippen molar-refractivity contribution in [1.29, 1.82) is 0 Å². The third-order valence-electron chi connectivity index (χ3n) is 6.69. The smallest absolute Gasteiger partial charge is 0.260 e. The van der Waals surface area contributed by atoms with E-state index in [0.29, 0.717) is 35.1 Å². The number of carbonyl (C=O) groups excluding carboxylic acids is 1. The Morgan fingerprint density at radius 3 is 2.66 bits per heavy atom. The highest BCUT2D eigenvalue weighted by Gasteiger charge is 2.32. The lowest BCUT2D eigenvalue weighted by Crippen LogP contribution is -2.42. The number of para-hydroxylation sites is 1. The summed E-state index contributed by atoms with van der Waals surface area (Å²) < 4.78 is 48.6. The van der Waals surface area contributed by atoms with Gasteiger partial charge in [0.15, 0.2) is 5.13 Å². The average Bonchev–Trinajstić information content (AvgIpc) is 3.53. The SMILES string of the molecule is CC1CCCCN1S(=O)(=O)c1ccc(C(=O)N(CC2CCCO2)c2nc3c(F)cccc3s2)cc1. The zero-order chi connectivity index (χ0) is 24.6. The topological polar surface area (TPSA) is 79.8 Å². The van der Waals surface area contributed by atoms with Crippen molar-refractivity contribution in [3.05, 3.63) is 53.8 Å². The van der Waals surface area contributed by atoms with Crippen LogP contribution < -0.4 is 4.90 Å². The lowest BCUT2D eigenvalue weighted by molar-refractivity contribution is 0.0917. The second kappa shape index (κ2) is 9.93. The molecule has 0 radical (unpaired) electrons. The molecule has 0 aliphatic carbocycles. The van der Waals surface area contributed by atoms with E-state index in [-0.39, 0.29) is 28.5 Å². The lowest BCUT2D eigenvalue weighted by Gasteiger charge is -2.32. The van der Waals surface area contributed by atoms with Crippen LogP contribution in [0.1, 0.15) is 49.4 Å². The number of sulfonamides is 1. The maximum Gasteiger partial charge on any atom is 0.260 e. The molecule has 0 saturated carbocycles. The number of carbonyl (C=O) groups is 1. The van der Waals surface area contributed by atoms with E-state index in [0.717, 1.165) is 32.1 Å². The van der Waals surface area contributed by atoms with Crippen LogP contribution in [-0.4, -0.2) is 55.5 Å². The van der Waals surface area contributed by atoms with Gasteiger partial charge in [-0.2, -0.15) is 4.31 Å². The predicted molar refractivity (Wildman–Crippen MR) is 134 cm³/mol. The van der Waals surface area contributed by atoms with E-state index in [1.54, 1.807) is 28.6 Å². The van der Waals surface area contributed by atoms with E-state index in [9.17, 15) is 17.6 Å². The summed E-state index contributed by atoms with van der Waals surface area (Å²) in [5.74, 6) is -0.758. The van der Waals surface area contributed by atoms with Gasteiger partial charge in [0, 0.05) is 24.8 Å². The van der Waals surface area contributed by atoms with Gasteiger partial charge in [0.05, 0.1) is 22.2 Å². The van der Waals surface area contributed by atoms with Crippen LogP contribution in [0.4, 0.5) is 9.52 Å². The van der Waals surface area contributed by atoms with Crippen LogP contribution in [0.15, 0.2) is 47.4 Å². The number of amides is 1. The first-order valence-electron chi connectivity index (χ1n) is 11.9. The summed E-state index contributed by atoms with van der Waals surface area (Å²) in [6, 6.07) is 10.8. The van der Waals surface area contributed by atoms with E-state index < -0.39 is 15.8 Å². The Kier molecular flexibility index (Phi) is 6.89. The average molecular weight is 518 g/mol. The minimum Gasteiger partial charge on any atom is -0.376 e. The second-order valence-corrected chi connectivity index (χ2v) is 12.0. The fraction of sp³-hybridized carbons (Fsp3) is 0.440. The molecule has 3 aromatic rings. The van der Waals surface area contributed by atoms with Crippen molar-refractivity contribution < 1.29 is 22.3 Å². The Morgan fingerprint density at radius 2 is 1.97 bits per heavy atom. The van der Waals surface area contributed by atoms with Gasteiger partial charge < -0.3 is 4.74 Å². The maximum atomic E-state index is 14.3. The second-order valence-electron chi connectivity index (χ2n) is 9.12. The molecule has 2 fully saturated rings. The number of halogens is 1. The molecule has 2 atom stereocenters. The van der Waals surface area contributed by atoms with Gasteiger partial charge in [-0.15, -0.1) is 0 Å². The van der Waals surface area contributed by atoms with E-state index in [1.165, 1.54) is 34.4 Å². The first-order valence-corrected chi connectivity index (χ1v) is 14.2. The molecule has 1 aromatic heterocycles. The number of hydrogen-bond acceptors (Lipinski definition) is 6. The minimum absolute atomic E-state index is 0.0450. The number of rotatable bonds is 6. The highest BCUT2D eigenvalue weighted by atomic mass is 32.2. The van der Waals surface area contributed by atoms with Gasteiger partial charge in [0.25, 0.3) is 5.91 Å². The van der Waals surface area contributed by atoms with Crippen LogP contribution in [0.2, 0.25) is 0 Å². The number of piperidine rings is 1. The molecule has 186 valence electrons. The van der Waals surface area contributed by atoms with Crippen LogP contribution in [0.3, 0.4) is 0 Å². The summed E-state index contributed by atoms with van der Waals surface area (Å²) in [6.07, 6.45) is 4.34. The monoisotopic (exact) mass is 517 g/mol. The van der Waals surface area contributed by atoms with E-state index in [1.807, 2.05) is 6.92 Å². The van der Waals surface area contributed by atoms with Gasteiger partial charge in [-0.25, -0.2) is 17.8 Å². The molecule has 35 heavy (non-hydrogen) atoms. The van der Waals surface area contributed by atoms with Crippen LogP contribution in [0.25, 0.3) is 10.2 Å². The first kappa shape index (κ1) is 24.3. The van der Waals surface area contributed by atoms with Crippen molar-refractivity contribution in [3.63, 3.8) is 0 Å². The van der Waals surface area contributed by atoms with Crippen molar-refractivity contribution in [2.45, 2.75) is 56.1 Å². The molecular formula is C25H28FN3O4S2. The predicted octanol–water partition coefficient (Wildman–Crippen LogP) is 4.82. The molecule has 7 nitrogen and oxygen atoms in total. The van der Waals surface area contributed by atoms with Gasteiger partial charge in [0.1, 0.15) is 11.3 Å². The number of benzene rings is 2. The van der Waals surface area contributed by atoms with E-state index in [4.69, 9.17) is 4.74 Å². The van der Waals surface area contributed by atoms with Crippen LogP contribution in [-0.2, 0) is 14.8 Å². The Hall–Kier alpha value is -2.40. The summed E-state index contributed by atoms with van der Waals surface area (Å²) in [5.41, 5.74) is 0.572. The van der Waals surface area contributed by atoms with Crippen molar-refractivity contribution in [2.24, 2.45) is 0 Å². The van der Waals surface area contributed by atoms with Gasteiger partial charge >= 0.3 is 0 Å². The van der Waals surface area contributed by atoms with Crippen LogP contribution in [0.5, 0.6) is 0 Å².